The van der Waals surface area contributed by atoms with Crippen molar-refractivity contribution in [2.75, 3.05) is 6.61 Å². The van der Waals surface area contributed by atoms with E-state index in [9.17, 15) is 29.4 Å². The number of aromatic nitrogens is 2. The monoisotopic (exact) mass is 460 g/mol. The van der Waals surface area contributed by atoms with Gasteiger partial charge in [-0.2, -0.15) is 0 Å². The summed E-state index contributed by atoms with van der Waals surface area (Å²) in [5, 5.41) is 20.5. The van der Waals surface area contributed by atoms with Crippen LogP contribution in [0.3, 0.4) is 0 Å². The molecule has 1 aromatic carbocycles. The van der Waals surface area contributed by atoms with Gasteiger partial charge in [0.15, 0.2) is 0 Å². The van der Waals surface area contributed by atoms with Crippen molar-refractivity contribution in [3.63, 3.8) is 0 Å². The zero-order valence-electron chi connectivity index (χ0n) is 18.1. The highest BCUT2D eigenvalue weighted by atomic mass is 32.1. The maximum atomic E-state index is 13.4. The number of carbonyl (C=O) groups excluding carboxylic acids is 1. The minimum Gasteiger partial charge on any atom is -0.480 e. The fourth-order valence-electron chi connectivity index (χ4n) is 3.44. The third-order valence-electron chi connectivity index (χ3n) is 5.30. The minimum absolute atomic E-state index is 0.0484. The molecule has 0 radical (unpaired) electrons. The third-order valence-corrected chi connectivity index (χ3v) is 6.59. The largest absolute Gasteiger partial charge is 0.480 e. The number of carbonyl (C=O) groups is 2. The quantitative estimate of drug-likeness (QED) is 0.518. The molecule has 0 aliphatic rings. The second-order valence-corrected chi connectivity index (χ2v) is 8.78. The molecule has 0 amide bonds. The number of benzene rings is 1. The molecule has 0 unspecified atom stereocenters. The van der Waals surface area contributed by atoms with E-state index in [4.69, 9.17) is 4.74 Å². The van der Waals surface area contributed by atoms with Crippen molar-refractivity contribution in [1.82, 2.24) is 9.13 Å². The zero-order chi connectivity index (χ0) is 23.8. The first kappa shape index (κ1) is 23.4. The van der Waals surface area contributed by atoms with Crippen LogP contribution in [0, 0.1) is 6.92 Å². The van der Waals surface area contributed by atoms with E-state index in [1.165, 1.54) is 13.8 Å². The Morgan fingerprint density at radius 2 is 1.81 bits per heavy atom. The van der Waals surface area contributed by atoms with E-state index in [0.717, 1.165) is 15.9 Å². The van der Waals surface area contributed by atoms with Crippen LogP contribution in [0.4, 0.5) is 0 Å². The minimum atomic E-state index is -1.86. The molecule has 3 aromatic rings. The van der Waals surface area contributed by atoms with Crippen LogP contribution < -0.4 is 11.2 Å². The number of hydrogen-bond acceptors (Lipinski definition) is 7. The van der Waals surface area contributed by atoms with E-state index in [2.05, 4.69) is 0 Å². The number of fused-ring (bicyclic) bond motifs is 1. The Kier molecular flexibility index (Phi) is 6.38. The molecule has 0 saturated carbocycles. The first-order valence-corrected chi connectivity index (χ1v) is 10.8. The predicted octanol–water partition coefficient (Wildman–Crippen LogP) is 2.26. The first-order chi connectivity index (χ1) is 15.0. The van der Waals surface area contributed by atoms with Gasteiger partial charge in [-0.25, -0.2) is 19.0 Å². The topological polar surface area (TPSA) is 128 Å². The number of carboxylic acid groups (broad SMARTS) is 1. The number of rotatable bonds is 7. The van der Waals surface area contributed by atoms with Gasteiger partial charge in [0.2, 0.25) is 0 Å². The Morgan fingerprint density at radius 3 is 2.38 bits per heavy atom. The van der Waals surface area contributed by atoms with E-state index in [-0.39, 0.29) is 28.2 Å². The van der Waals surface area contributed by atoms with Crippen molar-refractivity contribution in [3.05, 3.63) is 67.2 Å². The van der Waals surface area contributed by atoms with Crippen molar-refractivity contribution < 1.29 is 24.5 Å². The molecule has 2 aromatic heterocycles. The lowest BCUT2D eigenvalue weighted by Gasteiger charge is -2.24. The fourth-order valence-corrected chi connectivity index (χ4v) is 4.64. The van der Waals surface area contributed by atoms with Gasteiger partial charge in [-0.3, -0.25) is 9.36 Å². The first-order valence-electron chi connectivity index (χ1n) is 9.95. The Morgan fingerprint density at radius 1 is 1.19 bits per heavy atom. The number of ether oxygens (including phenoxy) is 1. The summed E-state index contributed by atoms with van der Waals surface area (Å²) in [5.41, 5.74) is -2.72. The molecule has 0 spiro atoms. The molecule has 9 nitrogen and oxygen atoms in total. The van der Waals surface area contributed by atoms with Gasteiger partial charge in [-0.05, 0) is 38.8 Å². The summed E-state index contributed by atoms with van der Waals surface area (Å²) in [4.78, 5) is 51.3. The Labute approximate surface area is 187 Å². The van der Waals surface area contributed by atoms with Gasteiger partial charge in [-0.15, -0.1) is 11.3 Å². The van der Waals surface area contributed by atoms with Gasteiger partial charge >= 0.3 is 17.6 Å². The average molecular weight is 461 g/mol. The Hall–Kier alpha value is -3.24. The lowest BCUT2D eigenvalue weighted by molar-refractivity contribution is -0.146. The summed E-state index contributed by atoms with van der Waals surface area (Å²) in [5.74, 6) is -2.01. The van der Waals surface area contributed by atoms with E-state index >= 15 is 0 Å². The molecule has 0 saturated heterocycles. The van der Waals surface area contributed by atoms with Gasteiger partial charge in [0.25, 0.3) is 5.56 Å². The number of nitrogens with zero attached hydrogens (tertiary/aromatic N) is 2. The Balaban J connectivity index is 2.36. The highest BCUT2D eigenvalue weighted by molar-refractivity contribution is 7.20. The maximum absolute atomic E-state index is 13.4. The molecule has 3 rings (SSSR count). The number of aryl methyl sites for hydroxylation is 1. The van der Waals surface area contributed by atoms with Crippen molar-refractivity contribution >= 4 is 33.5 Å². The van der Waals surface area contributed by atoms with E-state index in [0.29, 0.717) is 15.7 Å². The number of aliphatic carboxylic acids is 1. The van der Waals surface area contributed by atoms with Crippen LogP contribution in [-0.2, 0) is 21.6 Å². The lowest BCUT2D eigenvalue weighted by atomic mass is 10.1. The van der Waals surface area contributed by atoms with Crippen LogP contribution in [0.5, 0.6) is 0 Å². The molecule has 1 atom stereocenters. The number of thiophene rings is 1. The zero-order valence-corrected chi connectivity index (χ0v) is 18.9. The summed E-state index contributed by atoms with van der Waals surface area (Å²) in [6.07, 6.45) is -1.11. The second kappa shape index (κ2) is 8.71. The van der Waals surface area contributed by atoms with Gasteiger partial charge < -0.3 is 14.9 Å². The number of aliphatic hydroxyl groups is 1. The van der Waals surface area contributed by atoms with Crippen LogP contribution >= 0.6 is 11.3 Å². The number of hydrogen-bond donors (Lipinski definition) is 2. The molecule has 0 aliphatic carbocycles. The van der Waals surface area contributed by atoms with Crippen molar-refractivity contribution in [2.45, 2.75) is 45.9 Å². The molecular weight excluding hydrogens is 436 g/mol. The third kappa shape index (κ3) is 3.87. The van der Waals surface area contributed by atoms with E-state index < -0.39 is 34.8 Å². The Bertz CT molecular complexity index is 1300. The normalized spacial score (nSPS) is 12.7. The molecule has 10 heteroatoms. The summed E-state index contributed by atoms with van der Waals surface area (Å²) in [7, 11) is 0. The van der Waals surface area contributed by atoms with E-state index in [1.807, 2.05) is 0 Å². The molecule has 32 heavy (non-hydrogen) atoms. The second-order valence-electron chi connectivity index (χ2n) is 7.78. The smallest absolute Gasteiger partial charge is 0.348 e. The molecule has 0 fully saturated rings. The van der Waals surface area contributed by atoms with Gasteiger partial charge in [0.1, 0.15) is 15.2 Å². The van der Waals surface area contributed by atoms with Crippen LogP contribution in [0.1, 0.15) is 47.7 Å². The summed E-state index contributed by atoms with van der Waals surface area (Å²) in [6.45, 7) is 5.58. The molecule has 170 valence electrons. The highest BCUT2D eigenvalue weighted by Gasteiger charge is 2.36. The van der Waals surface area contributed by atoms with Crippen LogP contribution in [0.15, 0.2) is 39.9 Å². The maximum Gasteiger partial charge on any atom is 0.348 e. The summed E-state index contributed by atoms with van der Waals surface area (Å²) in [6, 6.07) is 8.63. The number of aliphatic hydroxyl groups excluding tert-OH is 1. The van der Waals surface area contributed by atoms with Crippen LogP contribution in [0.2, 0.25) is 0 Å². The fraction of sp³-hybridized carbons (Fsp3) is 0.364. The van der Waals surface area contributed by atoms with Crippen LogP contribution in [0.25, 0.3) is 10.2 Å². The van der Waals surface area contributed by atoms with Gasteiger partial charge in [0, 0.05) is 0 Å². The van der Waals surface area contributed by atoms with Crippen molar-refractivity contribution in [1.29, 1.82) is 0 Å². The predicted molar refractivity (Wildman–Crippen MR) is 119 cm³/mol. The van der Waals surface area contributed by atoms with Crippen molar-refractivity contribution in [2.24, 2.45) is 0 Å². The van der Waals surface area contributed by atoms with Gasteiger partial charge in [0.05, 0.1) is 24.6 Å². The number of esters is 1. The van der Waals surface area contributed by atoms with Crippen molar-refractivity contribution in [3.8, 4) is 0 Å². The molecule has 0 bridgehead atoms. The molecular formula is C22H24N2O7S. The molecule has 0 aliphatic heterocycles. The standard InChI is InChI=1S/C22H24N2O7S/c1-5-31-19(27)16-12(2)15-17(26)24(22(3,4)20(28)29)21(30)23(18(15)32-16)11-14(25)13-9-7-6-8-10-13/h6-10,14,25H,5,11H2,1-4H3,(H,28,29)/t14-/m0/s1. The van der Waals surface area contributed by atoms with E-state index in [1.54, 1.807) is 44.2 Å². The molecule has 2 heterocycles. The SMILES string of the molecule is CCOC(=O)c1sc2c(c1C)c(=O)n(C(C)(C)C(=O)O)c(=O)n2C[C@H](O)c1ccccc1. The number of carboxylic acids is 1. The lowest BCUT2D eigenvalue weighted by Crippen LogP contribution is -2.52. The van der Waals surface area contributed by atoms with Gasteiger partial charge in [-0.1, -0.05) is 30.3 Å². The molecule has 2 N–H and O–H groups in total. The highest BCUT2D eigenvalue weighted by Crippen LogP contribution is 2.30. The summed E-state index contributed by atoms with van der Waals surface area (Å²) >= 11 is 0.908. The average Bonchev–Trinajstić information content (AvgIpc) is 3.09. The van der Waals surface area contributed by atoms with Crippen LogP contribution in [-0.4, -0.2) is 37.9 Å². The summed E-state index contributed by atoms with van der Waals surface area (Å²) < 4.78 is 6.88.